The number of hydrogen-bond acceptors (Lipinski definition) is 3. The monoisotopic (exact) mass is 262 g/mol. The smallest absolute Gasteiger partial charge is 0.0594 e. The molecule has 0 aromatic heterocycles. The molecule has 1 aromatic carbocycles. The van der Waals surface area contributed by atoms with Crippen LogP contribution in [0.4, 0.5) is 5.69 Å². The zero-order chi connectivity index (χ0) is 13.3. The molecule has 0 amide bonds. The first-order valence-corrected chi connectivity index (χ1v) is 7.30. The molecule has 0 radical (unpaired) electrons. The summed E-state index contributed by atoms with van der Waals surface area (Å²) in [5, 5.41) is 7.01. The van der Waals surface area contributed by atoms with E-state index in [2.05, 4.69) is 63.1 Å². The van der Waals surface area contributed by atoms with Crippen LogP contribution in [-0.4, -0.2) is 16.7 Å². The molecule has 0 bridgehead atoms. The molecule has 0 aliphatic carbocycles. The van der Waals surface area contributed by atoms with E-state index >= 15 is 0 Å². The van der Waals surface area contributed by atoms with E-state index in [9.17, 15) is 0 Å². The summed E-state index contributed by atoms with van der Waals surface area (Å²) in [6, 6.07) is 6.84. The molecule has 1 saturated heterocycles. The number of thioether (sulfide) groups is 1. The summed E-state index contributed by atoms with van der Waals surface area (Å²) in [5.41, 5.74) is 4.74. The van der Waals surface area contributed by atoms with E-state index in [1.54, 1.807) is 0 Å². The topological polar surface area (TPSA) is 24.1 Å². The third-order valence-corrected chi connectivity index (χ3v) is 4.42. The second kappa shape index (κ2) is 4.98. The van der Waals surface area contributed by atoms with Gasteiger partial charge in [-0.05, 0) is 51.0 Å². The fourth-order valence-electron chi connectivity index (χ4n) is 2.30. The summed E-state index contributed by atoms with van der Waals surface area (Å²) in [6.45, 7) is 12.8. The largest absolute Gasteiger partial charge is 0.358 e. The molecule has 2 rings (SSSR count). The molecule has 2 nitrogen and oxygen atoms in total. The first kappa shape index (κ1) is 13.5. The van der Waals surface area contributed by atoms with Gasteiger partial charge in [0.2, 0.25) is 0 Å². The van der Waals surface area contributed by atoms with Crippen molar-refractivity contribution >= 4 is 17.4 Å². The molecule has 0 saturated carbocycles. The van der Waals surface area contributed by atoms with Crippen LogP contribution in [0.25, 0.3) is 0 Å². The lowest BCUT2D eigenvalue weighted by Gasteiger charge is -2.21. The van der Waals surface area contributed by atoms with Crippen molar-refractivity contribution < 1.29 is 0 Å². The normalized spacial score (nSPS) is 21.9. The van der Waals surface area contributed by atoms with Crippen LogP contribution in [0.2, 0.25) is 0 Å². The van der Waals surface area contributed by atoms with Crippen LogP contribution in [0.3, 0.4) is 0 Å². The van der Waals surface area contributed by atoms with Crippen molar-refractivity contribution in [3.05, 3.63) is 41.6 Å². The predicted octanol–water partition coefficient (Wildman–Crippen LogP) is 3.67. The third-order valence-electron chi connectivity index (χ3n) is 3.08. The van der Waals surface area contributed by atoms with Crippen molar-refractivity contribution in [3.8, 4) is 0 Å². The van der Waals surface area contributed by atoms with Gasteiger partial charge in [-0.1, -0.05) is 12.6 Å². The minimum absolute atomic E-state index is 0.151. The van der Waals surface area contributed by atoms with E-state index in [1.807, 2.05) is 11.8 Å². The molecule has 18 heavy (non-hydrogen) atoms. The molecule has 1 fully saturated rings. The van der Waals surface area contributed by atoms with Gasteiger partial charge in [-0.15, -0.1) is 11.8 Å². The highest BCUT2D eigenvalue weighted by atomic mass is 32.2. The predicted molar refractivity (Wildman–Crippen MR) is 82.1 cm³/mol. The highest BCUT2D eigenvalue weighted by Gasteiger charge is 2.31. The van der Waals surface area contributed by atoms with Crippen molar-refractivity contribution in [1.82, 2.24) is 5.32 Å². The Labute approximate surface area is 114 Å². The van der Waals surface area contributed by atoms with Gasteiger partial charge in [-0.2, -0.15) is 0 Å². The van der Waals surface area contributed by atoms with Crippen LogP contribution < -0.4 is 10.6 Å². The fraction of sp³-hybridized carbons (Fsp3) is 0.467. The van der Waals surface area contributed by atoms with Crippen molar-refractivity contribution in [2.45, 2.75) is 38.6 Å². The summed E-state index contributed by atoms with van der Waals surface area (Å²) >= 11 is 1.94. The average Bonchev–Trinajstić information content (AvgIpc) is 2.57. The highest BCUT2D eigenvalue weighted by Crippen LogP contribution is 2.31. The van der Waals surface area contributed by atoms with Crippen LogP contribution >= 0.6 is 11.8 Å². The first-order valence-electron chi connectivity index (χ1n) is 6.31. The number of hydrogen-bond donors (Lipinski definition) is 2. The Morgan fingerprint density at radius 1 is 1.33 bits per heavy atom. The van der Waals surface area contributed by atoms with Crippen molar-refractivity contribution in [2.24, 2.45) is 0 Å². The molecule has 1 heterocycles. The molecular weight excluding hydrogens is 240 g/mol. The number of rotatable bonds is 3. The Hall–Kier alpha value is -0.930. The van der Waals surface area contributed by atoms with Crippen LogP contribution in [0.5, 0.6) is 0 Å². The minimum atomic E-state index is 0.151. The Morgan fingerprint density at radius 2 is 1.94 bits per heavy atom. The lowest BCUT2D eigenvalue weighted by molar-refractivity contribution is 0.532. The summed E-state index contributed by atoms with van der Waals surface area (Å²) in [4.78, 5) is 0.151. The zero-order valence-corrected chi connectivity index (χ0v) is 12.4. The van der Waals surface area contributed by atoms with E-state index in [0.717, 1.165) is 17.1 Å². The van der Waals surface area contributed by atoms with Gasteiger partial charge >= 0.3 is 0 Å². The molecule has 1 aromatic rings. The van der Waals surface area contributed by atoms with Crippen molar-refractivity contribution in [2.75, 3.05) is 11.1 Å². The van der Waals surface area contributed by atoms with Gasteiger partial charge in [0.25, 0.3) is 0 Å². The van der Waals surface area contributed by atoms with E-state index < -0.39 is 0 Å². The van der Waals surface area contributed by atoms with Crippen molar-refractivity contribution in [1.29, 1.82) is 0 Å². The zero-order valence-electron chi connectivity index (χ0n) is 11.6. The Kier molecular flexibility index (Phi) is 3.74. The van der Waals surface area contributed by atoms with Crippen LogP contribution in [0, 0.1) is 13.8 Å². The second-order valence-corrected chi connectivity index (χ2v) is 7.19. The Balaban J connectivity index is 2.03. The summed E-state index contributed by atoms with van der Waals surface area (Å²) in [7, 11) is 0. The molecule has 2 N–H and O–H groups in total. The molecular formula is C15H22N2S. The summed E-state index contributed by atoms with van der Waals surface area (Å²) < 4.78 is 0. The quantitative estimate of drug-likeness (QED) is 0.869. The molecule has 98 valence electrons. The van der Waals surface area contributed by atoms with E-state index in [0.29, 0.717) is 6.04 Å². The van der Waals surface area contributed by atoms with Gasteiger partial charge in [-0.3, -0.25) is 5.32 Å². The summed E-state index contributed by atoms with van der Waals surface area (Å²) in [6.07, 6.45) is 0. The van der Waals surface area contributed by atoms with Crippen LogP contribution in [-0.2, 0) is 0 Å². The Bertz CT molecular complexity index is 445. The minimum Gasteiger partial charge on any atom is -0.358 e. The molecule has 0 spiro atoms. The fourth-order valence-corrected chi connectivity index (χ4v) is 3.40. The number of aryl methyl sites for hydroxylation is 2. The maximum Gasteiger partial charge on any atom is 0.0594 e. The molecule has 1 aliphatic heterocycles. The van der Waals surface area contributed by atoms with Gasteiger partial charge in [0.1, 0.15) is 0 Å². The van der Waals surface area contributed by atoms with Gasteiger partial charge in [0.15, 0.2) is 0 Å². The maximum atomic E-state index is 4.17. The first-order chi connectivity index (χ1) is 8.35. The second-order valence-electron chi connectivity index (χ2n) is 5.54. The molecule has 3 heteroatoms. The number of nitrogens with one attached hydrogen (secondary N) is 2. The van der Waals surface area contributed by atoms with Crippen molar-refractivity contribution in [3.63, 3.8) is 0 Å². The highest BCUT2D eigenvalue weighted by molar-refractivity contribution is 8.00. The van der Waals surface area contributed by atoms with Crippen LogP contribution in [0.1, 0.15) is 25.0 Å². The number of anilines is 1. The molecule has 1 aliphatic rings. The van der Waals surface area contributed by atoms with Gasteiger partial charge in [0.05, 0.1) is 10.9 Å². The van der Waals surface area contributed by atoms with Gasteiger partial charge in [-0.25, -0.2) is 0 Å². The van der Waals surface area contributed by atoms with Crippen LogP contribution in [0.15, 0.2) is 30.5 Å². The average molecular weight is 262 g/mol. The Morgan fingerprint density at radius 3 is 2.44 bits per heavy atom. The van der Waals surface area contributed by atoms with Gasteiger partial charge in [0, 0.05) is 17.1 Å². The van der Waals surface area contributed by atoms with E-state index in [1.165, 1.54) is 11.1 Å². The lowest BCUT2D eigenvalue weighted by atomic mass is 10.1. The van der Waals surface area contributed by atoms with E-state index in [-0.39, 0.29) is 4.87 Å². The molecule has 0 unspecified atom stereocenters. The molecule has 1 atom stereocenters. The third kappa shape index (κ3) is 3.30. The lowest BCUT2D eigenvalue weighted by Crippen LogP contribution is -2.38. The standard InChI is InChI=1S/C15H22N2S/c1-10-6-11(2)8-13(7-10)16-12(3)14-9-18-15(4,5)17-14/h6-8,14,16-17H,3,9H2,1-2,4-5H3/t14-/m0/s1. The van der Waals surface area contributed by atoms with Gasteiger partial charge < -0.3 is 5.32 Å². The number of benzene rings is 1. The SMILES string of the molecule is C=C(Nc1cc(C)cc(C)c1)[C@@H]1CSC(C)(C)N1. The van der Waals surface area contributed by atoms with E-state index in [4.69, 9.17) is 0 Å². The summed E-state index contributed by atoms with van der Waals surface area (Å²) in [5.74, 6) is 1.07. The maximum absolute atomic E-state index is 4.17.